The van der Waals surface area contributed by atoms with Crippen molar-refractivity contribution in [2.24, 2.45) is 5.73 Å². The summed E-state index contributed by atoms with van der Waals surface area (Å²) < 4.78 is 13.6. The maximum absolute atomic E-state index is 12.7. The van der Waals surface area contributed by atoms with Crippen LogP contribution >= 0.6 is 22.6 Å². The Labute approximate surface area is 91.0 Å². The summed E-state index contributed by atoms with van der Waals surface area (Å²) in [5.41, 5.74) is 6.83. The zero-order chi connectivity index (χ0) is 9.84. The molecular formula is C10H11FIN. The molecule has 13 heavy (non-hydrogen) atoms. The van der Waals surface area contributed by atoms with Crippen LogP contribution in [0.2, 0.25) is 0 Å². The van der Waals surface area contributed by atoms with E-state index in [1.54, 1.807) is 12.1 Å². The van der Waals surface area contributed by atoms with Crippen molar-refractivity contribution >= 4 is 22.6 Å². The first-order valence-electron chi connectivity index (χ1n) is 3.96. The van der Waals surface area contributed by atoms with Gasteiger partial charge in [-0.25, -0.2) is 4.39 Å². The van der Waals surface area contributed by atoms with Gasteiger partial charge in [-0.2, -0.15) is 0 Å². The van der Waals surface area contributed by atoms with E-state index in [-0.39, 0.29) is 11.9 Å². The Balaban J connectivity index is 2.94. The van der Waals surface area contributed by atoms with Crippen molar-refractivity contribution in [3.05, 3.63) is 45.8 Å². The molecule has 0 saturated carbocycles. The standard InChI is InChI=1S/C10H11FIN/c1-2-3-10(13)8-5-4-7(11)6-9(8)12/h2,4-6,10H,1,3,13H2/t10-/m1/s1. The summed E-state index contributed by atoms with van der Waals surface area (Å²) in [5.74, 6) is -0.223. The zero-order valence-corrected chi connectivity index (χ0v) is 9.29. The lowest BCUT2D eigenvalue weighted by atomic mass is 10.1. The summed E-state index contributed by atoms with van der Waals surface area (Å²) in [6.07, 6.45) is 2.48. The van der Waals surface area contributed by atoms with Crippen LogP contribution in [0.4, 0.5) is 4.39 Å². The number of halogens is 2. The molecule has 0 bridgehead atoms. The molecule has 1 aromatic carbocycles. The van der Waals surface area contributed by atoms with Gasteiger partial charge in [0, 0.05) is 9.61 Å². The minimum atomic E-state index is -0.223. The SMILES string of the molecule is C=CC[C@@H](N)c1ccc(F)cc1I. The van der Waals surface area contributed by atoms with E-state index in [2.05, 4.69) is 29.2 Å². The monoisotopic (exact) mass is 291 g/mol. The molecule has 0 saturated heterocycles. The van der Waals surface area contributed by atoms with Gasteiger partial charge in [-0.05, 0) is 46.7 Å². The summed E-state index contributed by atoms with van der Waals surface area (Å²) in [6.45, 7) is 3.62. The van der Waals surface area contributed by atoms with E-state index in [0.717, 1.165) is 9.13 Å². The third-order valence-corrected chi connectivity index (χ3v) is 2.72. The van der Waals surface area contributed by atoms with Gasteiger partial charge in [-0.15, -0.1) is 6.58 Å². The van der Waals surface area contributed by atoms with Crippen LogP contribution in [-0.4, -0.2) is 0 Å². The number of benzene rings is 1. The molecule has 0 amide bonds. The zero-order valence-electron chi connectivity index (χ0n) is 7.13. The molecule has 0 radical (unpaired) electrons. The van der Waals surface area contributed by atoms with Gasteiger partial charge in [0.25, 0.3) is 0 Å². The second-order valence-electron chi connectivity index (χ2n) is 2.80. The smallest absolute Gasteiger partial charge is 0.124 e. The van der Waals surface area contributed by atoms with Gasteiger partial charge in [0.15, 0.2) is 0 Å². The Bertz CT molecular complexity index is 312. The topological polar surface area (TPSA) is 26.0 Å². The van der Waals surface area contributed by atoms with Gasteiger partial charge in [0.05, 0.1) is 0 Å². The Kier molecular flexibility index (Phi) is 3.87. The van der Waals surface area contributed by atoms with Crippen molar-refractivity contribution in [1.82, 2.24) is 0 Å². The predicted octanol–water partition coefficient (Wildman–Crippen LogP) is 3.01. The highest BCUT2D eigenvalue weighted by molar-refractivity contribution is 14.1. The second-order valence-corrected chi connectivity index (χ2v) is 3.96. The van der Waals surface area contributed by atoms with Gasteiger partial charge in [0.2, 0.25) is 0 Å². The van der Waals surface area contributed by atoms with Gasteiger partial charge < -0.3 is 5.73 Å². The van der Waals surface area contributed by atoms with E-state index in [0.29, 0.717) is 6.42 Å². The van der Waals surface area contributed by atoms with Crippen molar-refractivity contribution < 1.29 is 4.39 Å². The van der Waals surface area contributed by atoms with Crippen molar-refractivity contribution in [1.29, 1.82) is 0 Å². The molecule has 70 valence electrons. The maximum atomic E-state index is 12.7. The summed E-state index contributed by atoms with van der Waals surface area (Å²) >= 11 is 2.09. The summed E-state index contributed by atoms with van der Waals surface area (Å²) in [4.78, 5) is 0. The number of hydrogen-bond donors (Lipinski definition) is 1. The lowest BCUT2D eigenvalue weighted by Crippen LogP contribution is -2.10. The molecule has 0 aliphatic carbocycles. The van der Waals surface area contributed by atoms with Crippen molar-refractivity contribution in [3.8, 4) is 0 Å². The molecule has 1 nitrogen and oxygen atoms in total. The van der Waals surface area contributed by atoms with Crippen LogP contribution in [0.25, 0.3) is 0 Å². The predicted molar refractivity (Wildman–Crippen MR) is 60.9 cm³/mol. The van der Waals surface area contributed by atoms with Crippen LogP contribution < -0.4 is 5.73 Å². The highest BCUT2D eigenvalue weighted by atomic mass is 127. The molecule has 0 aromatic heterocycles. The van der Waals surface area contributed by atoms with E-state index < -0.39 is 0 Å². The van der Waals surface area contributed by atoms with Crippen LogP contribution in [0.15, 0.2) is 30.9 Å². The molecule has 0 spiro atoms. The van der Waals surface area contributed by atoms with E-state index in [1.165, 1.54) is 12.1 Å². The molecule has 1 aromatic rings. The molecule has 1 rings (SSSR count). The summed E-state index contributed by atoms with van der Waals surface area (Å²) in [7, 11) is 0. The van der Waals surface area contributed by atoms with Crippen molar-refractivity contribution in [3.63, 3.8) is 0 Å². The van der Waals surface area contributed by atoms with Gasteiger partial charge in [-0.1, -0.05) is 12.1 Å². The molecule has 2 N–H and O–H groups in total. The van der Waals surface area contributed by atoms with E-state index in [9.17, 15) is 4.39 Å². The molecule has 0 aliphatic rings. The first-order valence-corrected chi connectivity index (χ1v) is 5.04. The molecule has 0 fully saturated rings. The second kappa shape index (κ2) is 4.72. The lowest BCUT2D eigenvalue weighted by molar-refractivity contribution is 0.623. The Morgan fingerprint density at radius 2 is 2.31 bits per heavy atom. The van der Waals surface area contributed by atoms with Crippen molar-refractivity contribution in [2.45, 2.75) is 12.5 Å². The van der Waals surface area contributed by atoms with Crippen molar-refractivity contribution in [2.75, 3.05) is 0 Å². The van der Waals surface area contributed by atoms with Crippen LogP contribution in [0.1, 0.15) is 18.0 Å². The Morgan fingerprint density at radius 1 is 1.62 bits per heavy atom. The van der Waals surface area contributed by atoms with E-state index in [4.69, 9.17) is 5.73 Å². The lowest BCUT2D eigenvalue weighted by Gasteiger charge is -2.11. The quantitative estimate of drug-likeness (QED) is 0.672. The minimum absolute atomic E-state index is 0.0787. The van der Waals surface area contributed by atoms with Crippen LogP contribution in [0.5, 0.6) is 0 Å². The van der Waals surface area contributed by atoms with Crippen LogP contribution in [-0.2, 0) is 0 Å². The largest absolute Gasteiger partial charge is 0.324 e. The van der Waals surface area contributed by atoms with Crippen LogP contribution in [0.3, 0.4) is 0 Å². The number of hydrogen-bond acceptors (Lipinski definition) is 1. The molecule has 1 atom stereocenters. The number of nitrogens with two attached hydrogens (primary N) is 1. The summed E-state index contributed by atoms with van der Waals surface area (Å²) in [6, 6.07) is 4.56. The highest BCUT2D eigenvalue weighted by Crippen LogP contribution is 2.21. The summed E-state index contributed by atoms with van der Waals surface area (Å²) in [5, 5.41) is 0. The molecule has 0 heterocycles. The van der Waals surface area contributed by atoms with E-state index >= 15 is 0 Å². The average Bonchev–Trinajstić information content (AvgIpc) is 2.04. The third kappa shape index (κ3) is 2.77. The first-order chi connectivity index (χ1) is 6.15. The minimum Gasteiger partial charge on any atom is -0.324 e. The maximum Gasteiger partial charge on any atom is 0.124 e. The van der Waals surface area contributed by atoms with Gasteiger partial charge in [0.1, 0.15) is 5.82 Å². The van der Waals surface area contributed by atoms with Crippen LogP contribution in [0, 0.1) is 9.39 Å². The average molecular weight is 291 g/mol. The van der Waals surface area contributed by atoms with Gasteiger partial charge >= 0.3 is 0 Å². The molecule has 0 unspecified atom stereocenters. The normalized spacial score (nSPS) is 12.5. The van der Waals surface area contributed by atoms with E-state index in [1.807, 2.05) is 0 Å². The number of rotatable bonds is 3. The Hall–Kier alpha value is -0.420. The molecular weight excluding hydrogens is 280 g/mol. The fourth-order valence-electron chi connectivity index (χ4n) is 1.11. The van der Waals surface area contributed by atoms with Gasteiger partial charge in [-0.3, -0.25) is 0 Å². The fourth-order valence-corrected chi connectivity index (χ4v) is 1.99. The molecule has 3 heteroatoms. The third-order valence-electron chi connectivity index (χ3n) is 1.78. The highest BCUT2D eigenvalue weighted by Gasteiger charge is 2.08. The Morgan fingerprint density at radius 3 is 2.85 bits per heavy atom. The fraction of sp³-hybridized carbons (Fsp3) is 0.200. The first kappa shape index (κ1) is 10.7. The molecule has 0 aliphatic heterocycles.